The summed E-state index contributed by atoms with van der Waals surface area (Å²) >= 11 is 0. The molecule has 0 radical (unpaired) electrons. The van der Waals surface area contributed by atoms with Crippen LogP contribution in [0.3, 0.4) is 0 Å². The fraction of sp³-hybridized carbons (Fsp3) is 0.444. The molecule has 0 aromatic heterocycles. The highest BCUT2D eigenvalue weighted by Crippen LogP contribution is 2.15. The van der Waals surface area contributed by atoms with Crippen LogP contribution in [-0.4, -0.2) is 47.8 Å². The zero-order chi connectivity index (χ0) is 20.0. The van der Waals surface area contributed by atoms with E-state index in [0.717, 1.165) is 11.3 Å². The molecule has 10 heteroatoms. The van der Waals surface area contributed by atoms with Gasteiger partial charge >= 0.3 is 6.03 Å². The van der Waals surface area contributed by atoms with Gasteiger partial charge in [-0.25, -0.2) is 4.79 Å². The number of rotatable bonds is 8. The highest BCUT2D eigenvalue weighted by molar-refractivity contribution is 6.02. The predicted octanol–water partition coefficient (Wildman–Crippen LogP) is 1.30. The molecule has 0 spiro atoms. The van der Waals surface area contributed by atoms with Gasteiger partial charge in [-0.1, -0.05) is 20.3 Å². The molecule has 0 saturated carbocycles. The lowest BCUT2D eigenvalue weighted by Crippen LogP contribution is -2.40. The zero-order valence-electron chi connectivity index (χ0n) is 15.9. The molecule has 1 aromatic rings. The summed E-state index contributed by atoms with van der Waals surface area (Å²) in [6.45, 7) is 3.88. The first-order chi connectivity index (χ1) is 12.8. The molecule has 2 atom stereocenters. The highest BCUT2D eigenvalue weighted by atomic mass is 35.5. The Hall–Kier alpha value is -2.65. The van der Waals surface area contributed by atoms with Crippen molar-refractivity contribution in [2.24, 2.45) is 11.7 Å². The van der Waals surface area contributed by atoms with E-state index in [4.69, 9.17) is 5.73 Å². The number of urea groups is 1. The molecule has 154 valence electrons. The quantitative estimate of drug-likeness (QED) is 0.478. The van der Waals surface area contributed by atoms with Crippen LogP contribution < -0.4 is 21.7 Å². The standard InChI is InChI=1S/C18H25N5O4.ClH/c1-3-11(2)16(19)17(26)22-13-6-4-12(5-7-13)21-14(24)8-9-23-15(25)10-20-18(23)27;/h4-7,11,16H,3,8-10,19H2,1-2H3,(H,20,27)(H,21,24)(H,22,26);1H. The Morgan fingerprint density at radius 2 is 1.75 bits per heavy atom. The number of hydrogen-bond acceptors (Lipinski definition) is 5. The number of nitrogens with one attached hydrogen (secondary N) is 3. The first-order valence-corrected chi connectivity index (χ1v) is 8.86. The lowest BCUT2D eigenvalue weighted by molar-refractivity contribution is -0.125. The molecule has 1 saturated heterocycles. The molecular formula is C18H26ClN5O4. The van der Waals surface area contributed by atoms with Crippen LogP contribution in [0.5, 0.6) is 0 Å². The van der Waals surface area contributed by atoms with Crippen molar-refractivity contribution in [2.75, 3.05) is 23.7 Å². The average Bonchev–Trinajstić information content (AvgIpc) is 2.98. The van der Waals surface area contributed by atoms with Crippen molar-refractivity contribution in [3.8, 4) is 0 Å². The van der Waals surface area contributed by atoms with Crippen molar-refractivity contribution < 1.29 is 19.2 Å². The second-order valence-electron chi connectivity index (χ2n) is 6.48. The van der Waals surface area contributed by atoms with E-state index in [9.17, 15) is 19.2 Å². The number of carbonyl (C=O) groups is 4. The first-order valence-electron chi connectivity index (χ1n) is 8.86. The van der Waals surface area contributed by atoms with E-state index in [2.05, 4.69) is 16.0 Å². The normalized spacial score (nSPS) is 15.3. The highest BCUT2D eigenvalue weighted by Gasteiger charge is 2.28. The van der Waals surface area contributed by atoms with Crippen molar-refractivity contribution in [1.82, 2.24) is 10.2 Å². The van der Waals surface area contributed by atoms with Gasteiger partial charge in [0, 0.05) is 24.3 Å². The number of nitrogens with zero attached hydrogens (tertiary/aromatic N) is 1. The maximum absolute atomic E-state index is 12.1. The van der Waals surface area contributed by atoms with Gasteiger partial charge < -0.3 is 21.7 Å². The van der Waals surface area contributed by atoms with E-state index < -0.39 is 12.1 Å². The fourth-order valence-corrected chi connectivity index (χ4v) is 2.49. The topological polar surface area (TPSA) is 134 Å². The van der Waals surface area contributed by atoms with E-state index in [1.807, 2.05) is 13.8 Å². The lowest BCUT2D eigenvalue weighted by atomic mass is 9.99. The summed E-state index contributed by atoms with van der Waals surface area (Å²) < 4.78 is 0. The van der Waals surface area contributed by atoms with Crippen molar-refractivity contribution in [3.05, 3.63) is 24.3 Å². The maximum atomic E-state index is 12.1. The molecule has 5 N–H and O–H groups in total. The molecule has 1 fully saturated rings. The number of halogens is 1. The minimum Gasteiger partial charge on any atom is -0.329 e. The molecule has 1 aliphatic heterocycles. The smallest absolute Gasteiger partial charge is 0.324 e. The van der Waals surface area contributed by atoms with Gasteiger partial charge in [-0.05, 0) is 30.2 Å². The van der Waals surface area contributed by atoms with Gasteiger partial charge in [-0.15, -0.1) is 12.4 Å². The minimum atomic E-state index is -0.583. The molecule has 0 bridgehead atoms. The Balaban J connectivity index is 0.00000392. The van der Waals surface area contributed by atoms with Crippen LogP contribution in [-0.2, 0) is 14.4 Å². The minimum absolute atomic E-state index is 0. The average molecular weight is 412 g/mol. The molecule has 1 aliphatic rings. The predicted molar refractivity (Wildman–Crippen MR) is 108 cm³/mol. The monoisotopic (exact) mass is 411 g/mol. The van der Waals surface area contributed by atoms with E-state index in [0.29, 0.717) is 11.4 Å². The van der Waals surface area contributed by atoms with Gasteiger partial charge in [0.1, 0.15) is 0 Å². The second kappa shape index (κ2) is 10.6. The summed E-state index contributed by atoms with van der Waals surface area (Å²) in [5, 5.41) is 7.82. The molecular weight excluding hydrogens is 386 g/mol. The zero-order valence-corrected chi connectivity index (χ0v) is 16.7. The van der Waals surface area contributed by atoms with Crippen molar-refractivity contribution in [1.29, 1.82) is 0 Å². The van der Waals surface area contributed by atoms with Crippen LogP contribution in [0.1, 0.15) is 26.7 Å². The molecule has 5 amide bonds. The first kappa shape index (κ1) is 23.4. The number of amides is 5. The summed E-state index contributed by atoms with van der Waals surface area (Å²) in [6.07, 6.45) is 0.811. The van der Waals surface area contributed by atoms with Crippen LogP contribution in [0.25, 0.3) is 0 Å². The van der Waals surface area contributed by atoms with Crippen molar-refractivity contribution in [2.45, 2.75) is 32.7 Å². The van der Waals surface area contributed by atoms with Crippen molar-refractivity contribution >= 4 is 47.5 Å². The van der Waals surface area contributed by atoms with Crippen LogP contribution in [0.15, 0.2) is 24.3 Å². The molecule has 0 aliphatic carbocycles. The number of hydrogen-bond donors (Lipinski definition) is 4. The van der Waals surface area contributed by atoms with Gasteiger partial charge in [-0.3, -0.25) is 19.3 Å². The fourth-order valence-electron chi connectivity index (χ4n) is 2.49. The van der Waals surface area contributed by atoms with Gasteiger partial charge in [-0.2, -0.15) is 0 Å². The number of carbonyl (C=O) groups excluding carboxylic acids is 4. The third kappa shape index (κ3) is 6.21. The summed E-state index contributed by atoms with van der Waals surface area (Å²) in [4.78, 5) is 47.9. The SMILES string of the molecule is CCC(C)C(N)C(=O)Nc1ccc(NC(=O)CCN2C(=O)CNC2=O)cc1.Cl. The number of anilines is 2. The Kier molecular flexibility index (Phi) is 8.87. The molecule has 2 rings (SSSR count). The van der Waals surface area contributed by atoms with E-state index >= 15 is 0 Å². The van der Waals surface area contributed by atoms with E-state index in [1.165, 1.54) is 0 Å². The maximum Gasteiger partial charge on any atom is 0.324 e. The Morgan fingerprint density at radius 1 is 1.18 bits per heavy atom. The van der Waals surface area contributed by atoms with Gasteiger partial charge in [0.2, 0.25) is 17.7 Å². The Bertz CT molecular complexity index is 709. The number of imide groups is 1. The summed E-state index contributed by atoms with van der Waals surface area (Å²) in [7, 11) is 0. The summed E-state index contributed by atoms with van der Waals surface area (Å²) in [6, 6.07) is 5.55. The van der Waals surface area contributed by atoms with E-state index in [1.54, 1.807) is 24.3 Å². The van der Waals surface area contributed by atoms with E-state index in [-0.39, 0.29) is 55.6 Å². The summed E-state index contributed by atoms with van der Waals surface area (Å²) in [5.41, 5.74) is 7.02. The summed E-state index contributed by atoms with van der Waals surface area (Å²) in [5.74, 6) is -0.843. The molecule has 9 nitrogen and oxygen atoms in total. The van der Waals surface area contributed by atoms with Crippen LogP contribution in [0.2, 0.25) is 0 Å². The molecule has 2 unspecified atom stereocenters. The molecule has 28 heavy (non-hydrogen) atoms. The second-order valence-corrected chi connectivity index (χ2v) is 6.48. The number of nitrogens with two attached hydrogens (primary N) is 1. The lowest BCUT2D eigenvalue weighted by Gasteiger charge is -2.17. The number of benzene rings is 1. The third-order valence-electron chi connectivity index (χ3n) is 4.50. The van der Waals surface area contributed by atoms with Crippen LogP contribution in [0.4, 0.5) is 16.2 Å². The molecule has 1 aromatic carbocycles. The Morgan fingerprint density at radius 3 is 2.25 bits per heavy atom. The largest absolute Gasteiger partial charge is 0.329 e. The van der Waals surface area contributed by atoms with Crippen LogP contribution in [0, 0.1) is 5.92 Å². The molecule has 1 heterocycles. The van der Waals surface area contributed by atoms with Gasteiger partial charge in [0.05, 0.1) is 12.6 Å². The van der Waals surface area contributed by atoms with Gasteiger partial charge in [0.15, 0.2) is 0 Å². The third-order valence-corrected chi connectivity index (χ3v) is 4.50. The Labute approximate surface area is 169 Å². The van der Waals surface area contributed by atoms with Crippen molar-refractivity contribution in [3.63, 3.8) is 0 Å². The van der Waals surface area contributed by atoms with Crippen LogP contribution >= 0.6 is 12.4 Å². The van der Waals surface area contributed by atoms with Gasteiger partial charge in [0.25, 0.3) is 0 Å².